The Balaban J connectivity index is 2.38. The second-order valence-corrected chi connectivity index (χ2v) is 19.4. The second kappa shape index (κ2) is 46.8. The predicted molar refractivity (Wildman–Crippen MR) is 272 cm³/mol. The summed E-state index contributed by atoms with van der Waals surface area (Å²) in [6.45, 7) is 26.0. The Hall–Kier alpha value is -1.30. The van der Waals surface area contributed by atoms with Gasteiger partial charge in [-0.05, 0) is 90.6 Å². The maximum absolute atomic E-state index is 12.7. The molecule has 1 rings (SSSR count). The zero-order valence-corrected chi connectivity index (χ0v) is 43.3. The Morgan fingerprint density at radius 1 is 0.375 bits per heavy atom. The molecular formula is C54H109N5O5. The fourth-order valence-corrected chi connectivity index (χ4v) is 9.02. The number of ether oxygens (including phenoxy) is 2. The summed E-state index contributed by atoms with van der Waals surface area (Å²) in [6, 6.07) is 0. The number of hydrogen-bond acceptors (Lipinski definition) is 10. The third-order valence-electron chi connectivity index (χ3n) is 13.5. The first-order chi connectivity index (χ1) is 31.4. The maximum atomic E-state index is 12.7. The van der Waals surface area contributed by atoms with Crippen molar-refractivity contribution in [1.82, 2.24) is 24.5 Å². The molecule has 0 aliphatic carbocycles. The van der Waals surface area contributed by atoms with E-state index in [0.717, 1.165) is 124 Å². The number of hydrogen-bond donors (Lipinski definition) is 1. The molecule has 1 fully saturated rings. The summed E-state index contributed by atoms with van der Waals surface area (Å²) in [4.78, 5) is 38.0. The third-order valence-corrected chi connectivity index (χ3v) is 13.5. The Morgan fingerprint density at radius 3 is 1.00 bits per heavy atom. The van der Waals surface area contributed by atoms with E-state index >= 15 is 0 Å². The third kappa shape index (κ3) is 38.8. The molecule has 0 amide bonds. The van der Waals surface area contributed by atoms with E-state index in [-0.39, 0.29) is 18.5 Å². The molecule has 1 N–H and O–H groups in total. The van der Waals surface area contributed by atoms with Crippen molar-refractivity contribution < 1.29 is 24.2 Å². The van der Waals surface area contributed by atoms with E-state index < -0.39 is 0 Å². The van der Waals surface area contributed by atoms with Crippen molar-refractivity contribution in [1.29, 1.82) is 0 Å². The topological polar surface area (TPSA) is 89.0 Å². The molecule has 0 unspecified atom stereocenters. The molecule has 10 nitrogen and oxygen atoms in total. The van der Waals surface area contributed by atoms with Crippen LogP contribution in [0.2, 0.25) is 0 Å². The van der Waals surface area contributed by atoms with Crippen LogP contribution in [0.15, 0.2) is 0 Å². The first-order valence-electron chi connectivity index (χ1n) is 28.0. The van der Waals surface area contributed by atoms with Gasteiger partial charge in [0.1, 0.15) is 0 Å². The number of esters is 2. The van der Waals surface area contributed by atoms with Crippen LogP contribution in [0.5, 0.6) is 0 Å². The molecule has 0 radical (unpaired) electrons. The average Bonchev–Trinajstić information content (AvgIpc) is 3.30. The number of piperazine rings is 1. The Kier molecular flexibility index (Phi) is 44.4. The van der Waals surface area contributed by atoms with Crippen LogP contribution in [-0.2, 0) is 19.1 Å². The average molecular weight is 908 g/mol. The maximum Gasteiger partial charge on any atom is 0.307 e. The number of carbonyl (C=O) groups excluding carboxylic acids is 2. The fraction of sp³-hybridized carbons (Fsp3) is 0.963. The van der Waals surface area contributed by atoms with Gasteiger partial charge in [-0.15, -0.1) is 0 Å². The van der Waals surface area contributed by atoms with E-state index in [2.05, 4.69) is 52.2 Å². The van der Waals surface area contributed by atoms with Crippen LogP contribution in [0.4, 0.5) is 0 Å². The monoisotopic (exact) mass is 908 g/mol. The molecule has 0 aromatic rings. The van der Waals surface area contributed by atoms with Gasteiger partial charge < -0.3 is 29.3 Å². The minimum absolute atomic E-state index is 0.0306. The molecule has 380 valence electrons. The summed E-state index contributed by atoms with van der Waals surface area (Å²) in [7, 11) is 0. The highest BCUT2D eigenvalue weighted by Crippen LogP contribution is 2.12. The van der Waals surface area contributed by atoms with Crippen LogP contribution in [0.25, 0.3) is 0 Å². The Morgan fingerprint density at radius 2 is 0.656 bits per heavy atom. The minimum atomic E-state index is -0.0306. The summed E-state index contributed by atoms with van der Waals surface area (Å²) >= 11 is 0. The highest BCUT2D eigenvalue weighted by molar-refractivity contribution is 5.69. The van der Waals surface area contributed by atoms with E-state index in [0.29, 0.717) is 26.1 Å². The molecule has 0 saturated carbocycles. The summed E-state index contributed by atoms with van der Waals surface area (Å²) in [5.41, 5.74) is 0. The smallest absolute Gasteiger partial charge is 0.307 e. The van der Waals surface area contributed by atoms with Crippen molar-refractivity contribution >= 4 is 11.9 Å². The lowest BCUT2D eigenvalue weighted by atomic mass is 10.1. The highest BCUT2D eigenvalue weighted by atomic mass is 16.5. The minimum Gasteiger partial charge on any atom is -0.466 e. The van der Waals surface area contributed by atoms with Crippen LogP contribution in [0.1, 0.15) is 220 Å². The molecule has 0 bridgehead atoms. The van der Waals surface area contributed by atoms with E-state index in [1.54, 1.807) is 0 Å². The molecule has 1 aliphatic rings. The van der Waals surface area contributed by atoms with E-state index in [1.165, 1.54) is 154 Å². The molecule has 1 aliphatic heterocycles. The van der Waals surface area contributed by atoms with Crippen molar-refractivity contribution in [3.8, 4) is 0 Å². The van der Waals surface area contributed by atoms with Crippen LogP contribution < -0.4 is 0 Å². The summed E-state index contributed by atoms with van der Waals surface area (Å²) in [5, 5.41) is 9.35. The van der Waals surface area contributed by atoms with Crippen molar-refractivity contribution in [2.24, 2.45) is 0 Å². The van der Waals surface area contributed by atoms with Gasteiger partial charge in [0, 0.05) is 58.9 Å². The molecule has 10 heteroatoms. The van der Waals surface area contributed by atoms with Crippen molar-refractivity contribution in [3.63, 3.8) is 0 Å². The normalized spacial score (nSPS) is 13.8. The molecule has 0 spiro atoms. The van der Waals surface area contributed by atoms with Crippen molar-refractivity contribution in [2.45, 2.75) is 220 Å². The van der Waals surface area contributed by atoms with Gasteiger partial charge in [0.25, 0.3) is 0 Å². The van der Waals surface area contributed by atoms with Gasteiger partial charge in [0.15, 0.2) is 0 Å². The number of rotatable bonds is 49. The largest absolute Gasteiger partial charge is 0.466 e. The van der Waals surface area contributed by atoms with E-state index in [9.17, 15) is 14.7 Å². The molecule has 1 saturated heterocycles. The quantitative estimate of drug-likeness (QED) is 0.0470. The standard InChI is InChI=1S/C54H109N5O5/c1-5-9-13-17-19-27-37-55(35-25-15-11-7-3)41-33-53(61)63-51-31-23-21-29-39-57(43-44-58-45-47-59(48-46-58)49-50-60)40-30-22-24-32-52-64-54(62)34-42-56(36-26-16-12-8-4)38-28-20-18-14-10-6-2/h60H,5-52H2,1-4H3. The Bertz CT molecular complexity index is 937. The second-order valence-electron chi connectivity index (χ2n) is 19.4. The fourth-order valence-electron chi connectivity index (χ4n) is 9.02. The van der Waals surface area contributed by atoms with Gasteiger partial charge in [-0.25, -0.2) is 0 Å². The number of β-amino-alcohol motifs (C(OH)–C–C–N with tert-alkyl or cyclic N) is 1. The van der Waals surface area contributed by atoms with Crippen LogP contribution >= 0.6 is 0 Å². The molecule has 1 heterocycles. The molecule has 64 heavy (non-hydrogen) atoms. The lowest BCUT2D eigenvalue weighted by Gasteiger charge is -2.35. The SMILES string of the molecule is CCCCCCCCN(CCCCCC)CCC(=O)OCCCCCCN(CCCCCCOC(=O)CCN(CCCCCC)CCCCCCCC)CCN1CCN(CCO)CC1. The van der Waals surface area contributed by atoms with Gasteiger partial charge in [-0.3, -0.25) is 19.4 Å². The van der Waals surface area contributed by atoms with Gasteiger partial charge in [0.2, 0.25) is 0 Å². The van der Waals surface area contributed by atoms with Crippen LogP contribution in [-0.4, -0.2) is 160 Å². The van der Waals surface area contributed by atoms with Gasteiger partial charge in [0.05, 0.1) is 32.7 Å². The molecule has 0 atom stereocenters. The van der Waals surface area contributed by atoms with E-state index in [4.69, 9.17) is 9.47 Å². The highest BCUT2D eigenvalue weighted by Gasteiger charge is 2.17. The zero-order valence-electron chi connectivity index (χ0n) is 43.3. The lowest BCUT2D eigenvalue weighted by molar-refractivity contribution is -0.145. The zero-order chi connectivity index (χ0) is 46.4. The van der Waals surface area contributed by atoms with Gasteiger partial charge in [-0.1, -0.05) is 156 Å². The summed E-state index contributed by atoms with van der Waals surface area (Å²) in [5.74, 6) is -0.0612. The lowest BCUT2D eigenvalue weighted by Crippen LogP contribution is -2.49. The van der Waals surface area contributed by atoms with E-state index in [1.807, 2.05) is 0 Å². The summed E-state index contributed by atoms with van der Waals surface area (Å²) in [6.07, 6.45) is 35.7. The van der Waals surface area contributed by atoms with Crippen LogP contribution in [0, 0.1) is 0 Å². The first-order valence-corrected chi connectivity index (χ1v) is 28.0. The van der Waals surface area contributed by atoms with Gasteiger partial charge in [-0.2, -0.15) is 0 Å². The van der Waals surface area contributed by atoms with Crippen molar-refractivity contribution in [2.75, 3.05) is 118 Å². The van der Waals surface area contributed by atoms with Crippen molar-refractivity contribution in [3.05, 3.63) is 0 Å². The number of aliphatic hydroxyl groups excluding tert-OH is 1. The van der Waals surface area contributed by atoms with Crippen LogP contribution in [0.3, 0.4) is 0 Å². The van der Waals surface area contributed by atoms with Gasteiger partial charge >= 0.3 is 11.9 Å². The summed E-state index contributed by atoms with van der Waals surface area (Å²) < 4.78 is 11.4. The predicted octanol–water partition coefficient (Wildman–Crippen LogP) is 11.4. The number of unbranched alkanes of at least 4 members (excludes halogenated alkanes) is 22. The molecular weight excluding hydrogens is 799 g/mol. The molecule has 0 aromatic heterocycles. The number of aliphatic hydroxyl groups is 1. The molecule has 0 aromatic carbocycles. The first kappa shape index (κ1) is 60.7. The number of carbonyl (C=O) groups is 2. The Labute approximate surface area is 397 Å². The number of nitrogens with zero attached hydrogens (tertiary/aromatic N) is 5.